The Hall–Kier alpha value is -1.35. The lowest BCUT2D eigenvalue weighted by Gasteiger charge is -2.19. The van der Waals surface area contributed by atoms with Crippen molar-refractivity contribution in [2.75, 3.05) is 18.4 Å². The molecule has 2 aliphatic rings. The van der Waals surface area contributed by atoms with Crippen molar-refractivity contribution in [1.29, 1.82) is 0 Å². The molecule has 3 rings (SSSR count). The number of hydrogen-bond donors (Lipinski definition) is 2. The quantitative estimate of drug-likeness (QED) is 0.636. The van der Waals surface area contributed by atoms with Crippen molar-refractivity contribution in [3.8, 4) is 0 Å². The topological polar surface area (TPSA) is 41.1 Å². The van der Waals surface area contributed by atoms with Gasteiger partial charge in [-0.1, -0.05) is 18.2 Å². The maximum Gasteiger partial charge on any atom is 0.236 e. The molecule has 1 amide bonds. The highest BCUT2D eigenvalue weighted by molar-refractivity contribution is 6.06. The molecule has 1 aromatic carbocycles. The highest BCUT2D eigenvalue weighted by atomic mass is 16.2. The third-order valence-electron chi connectivity index (χ3n) is 3.06. The summed E-state index contributed by atoms with van der Waals surface area (Å²) in [5.74, 6) is -0.0336. The van der Waals surface area contributed by atoms with E-state index in [-0.39, 0.29) is 12.3 Å². The average Bonchev–Trinajstić information content (AvgIpc) is 2.74. The second kappa shape index (κ2) is 2.58. The number of para-hydroxylation sites is 1. The Bertz CT molecular complexity index is 434. The van der Waals surface area contributed by atoms with Crippen LogP contribution < -0.4 is 10.6 Å². The van der Waals surface area contributed by atoms with Crippen LogP contribution in [0.1, 0.15) is 13.3 Å². The zero-order valence-corrected chi connectivity index (χ0v) is 7.71. The van der Waals surface area contributed by atoms with Gasteiger partial charge in [-0.3, -0.25) is 4.79 Å². The van der Waals surface area contributed by atoms with E-state index >= 15 is 0 Å². The van der Waals surface area contributed by atoms with Gasteiger partial charge in [-0.05, 0) is 24.6 Å². The van der Waals surface area contributed by atoms with E-state index in [0.29, 0.717) is 13.1 Å². The predicted octanol–water partition coefficient (Wildman–Crippen LogP) is 0.870. The molecule has 72 valence electrons. The SMILES string of the molecule is [2H][C@@H]1CNC[C@]12C(=O)Nc1ccccc12. The molecule has 0 bridgehead atoms. The lowest BCUT2D eigenvalue weighted by Crippen LogP contribution is -2.36. The van der Waals surface area contributed by atoms with Crippen molar-refractivity contribution in [2.45, 2.75) is 11.8 Å². The maximum absolute atomic E-state index is 12.0. The van der Waals surface area contributed by atoms with Gasteiger partial charge in [-0.15, -0.1) is 0 Å². The molecule has 0 unspecified atom stereocenters. The fraction of sp³-hybridized carbons (Fsp3) is 0.364. The Balaban J connectivity index is 2.21. The smallest absolute Gasteiger partial charge is 0.236 e. The molecule has 0 aliphatic carbocycles. The molecule has 3 heteroatoms. The molecular weight excluding hydrogens is 176 g/mol. The van der Waals surface area contributed by atoms with Crippen molar-refractivity contribution < 1.29 is 6.17 Å². The largest absolute Gasteiger partial charge is 0.325 e. The minimum absolute atomic E-state index is 0.0336. The molecule has 0 aromatic heterocycles. The second-order valence-electron chi connectivity index (χ2n) is 3.81. The van der Waals surface area contributed by atoms with Gasteiger partial charge in [0.15, 0.2) is 0 Å². The molecule has 1 saturated heterocycles. The highest BCUT2D eigenvalue weighted by Crippen LogP contribution is 2.41. The normalized spacial score (nSPS) is 35.6. The fourth-order valence-corrected chi connectivity index (χ4v) is 2.30. The standard InChI is InChI=1S/C11H12N2O/c14-10-11(5-6-12-7-11)8-3-1-2-4-9(8)13-10/h1-4,12H,5-7H2,(H,13,14)/t11-/m1/s1/i5D/t5-,11-. The molecule has 2 atom stereocenters. The Kier molecular flexibility index (Phi) is 1.29. The van der Waals surface area contributed by atoms with E-state index in [2.05, 4.69) is 10.6 Å². The summed E-state index contributed by atoms with van der Waals surface area (Å²) in [5, 5.41) is 5.99. The van der Waals surface area contributed by atoms with Gasteiger partial charge in [-0.2, -0.15) is 0 Å². The summed E-state index contributed by atoms with van der Waals surface area (Å²) < 4.78 is 8.02. The van der Waals surface area contributed by atoms with Crippen molar-refractivity contribution >= 4 is 11.6 Å². The summed E-state index contributed by atoms with van der Waals surface area (Å²) in [7, 11) is 0. The van der Waals surface area contributed by atoms with Crippen molar-refractivity contribution in [2.24, 2.45) is 0 Å². The Morgan fingerprint density at radius 2 is 2.29 bits per heavy atom. The molecule has 2 heterocycles. The first kappa shape index (κ1) is 7.01. The number of anilines is 1. The van der Waals surface area contributed by atoms with Gasteiger partial charge in [-0.25, -0.2) is 0 Å². The van der Waals surface area contributed by atoms with Crippen LogP contribution in [0.25, 0.3) is 0 Å². The van der Waals surface area contributed by atoms with Crippen molar-refractivity contribution in [3.05, 3.63) is 29.8 Å². The fourth-order valence-electron chi connectivity index (χ4n) is 2.30. The first-order valence-electron chi connectivity index (χ1n) is 5.37. The van der Waals surface area contributed by atoms with Gasteiger partial charge in [0.05, 0.1) is 5.41 Å². The molecule has 0 radical (unpaired) electrons. The zero-order chi connectivity index (χ0) is 10.5. The molecule has 1 aromatic rings. The van der Waals surface area contributed by atoms with Gasteiger partial charge >= 0.3 is 0 Å². The number of fused-ring (bicyclic) bond motifs is 2. The third kappa shape index (κ3) is 0.826. The van der Waals surface area contributed by atoms with Crippen LogP contribution in [0.15, 0.2) is 24.3 Å². The van der Waals surface area contributed by atoms with Crippen molar-refractivity contribution in [3.63, 3.8) is 0 Å². The first-order chi connectivity index (χ1) is 7.25. The molecular formula is C11H12N2O. The lowest BCUT2D eigenvalue weighted by molar-refractivity contribution is -0.120. The van der Waals surface area contributed by atoms with E-state index < -0.39 is 5.41 Å². The number of hydrogen-bond acceptors (Lipinski definition) is 2. The summed E-state index contributed by atoms with van der Waals surface area (Å²) in [5.41, 5.74) is 1.18. The number of benzene rings is 1. The van der Waals surface area contributed by atoms with Crippen LogP contribution in [0.5, 0.6) is 0 Å². The number of carbonyl (C=O) groups is 1. The number of carbonyl (C=O) groups excluding carboxylic acids is 1. The van der Waals surface area contributed by atoms with Crippen LogP contribution in [0.2, 0.25) is 0 Å². The molecule has 14 heavy (non-hydrogen) atoms. The van der Waals surface area contributed by atoms with Crippen LogP contribution in [0, 0.1) is 0 Å². The summed E-state index contributed by atoms with van der Waals surface area (Å²) in [6.45, 7) is 1.16. The van der Waals surface area contributed by atoms with Gasteiger partial charge in [0.25, 0.3) is 0 Å². The first-order valence-corrected chi connectivity index (χ1v) is 4.79. The van der Waals surface area contributed by atoms with Crippen molar-refractivity contribution in [1.82, 2.24) is 5.32 Å². The summed E-state index contributed by atoms with van der Waals surface area (Å²) >= 11 is 0. The molecule has 2 N–H and O–H groups in total. The lowest BCUT2D eigenvalue weighted by atomic mass is 9.81. The molecule has 1 spiro atoms. The minimum atomic E-state index is -0.656. The Labute approximate surface area is 83.9 Å². The van der Waals surface area contributed by atoms with Crippen LogP contribution in [0.3, 0.4) is 0 Å². The van der Waals surface area contributed by atoms with Crippen LogP contribution in [0.4, 0.5) is 5.69 Å². The molecule has 2 aliphatic heterocycles. The number of rotatable bonds is 0. The molecule has 1 fully saturated rings. The van der Waals surface area contributed by atoms with Gasteiger partial charge in [0.2, 0.25) is 5.91 Å². The predicted molar refractivity (Wildman–Crippen MR) is 54.2 cm³/mol. The summed E-state index contributed by atoms with van der Waals surface area (Å²) in [4.78, 5) is 12.0. The van der Waals surface area contributed by atoms with Crippen LogP contribution >= 0.6 is 0 Å². The summed E-state index contributed by atoms with van der Waals surface area (Å²) in [6.07, 6.45) is -0.388. The highest BCUT2D eigenvalue weighted by Gasteiger charge is 2.48. The molecule has 0 saturated carbocycles. The zero-order valence-electron chi connectivity index (χ0n) is 8.71. The van der Waals surface area contributed by atoms with E-state index in [0.717, 1.165) is 11.3 Å². The Morgan fingerprint density at radius 1 is 1.43 bits per heavy atom. The number of amides is 1. The maximum atomic E-state index is 12.0. The van der Waals surface area contributed by atoms with E-state index in [1.165, 1.54) is 0 Å². The van der Waals surface area contributed by atoms with Crippen LogP contribution in [-0.2, 0) is 10.2 Å². The second-order valence-corrected chi connectivity index (χ2v) is 3.81. The van der Waals surface area contributed by atoms with Gasteiger partial charge < -0.3 is 10.6 Å². The van der Waals surface area contributed by atoms with Gasteiger partial charge in [0, 0.05) is 13.6 Å². The third-order valence-corrected chi connectivity index (χ3v) is 3.06. The molecule has 3 nitrogen and oxygen atoms in total. The monoisotopic (exact) mass is 189 g/mol. The van der Waals surface area contributed by atoms with Crippen LogP contribution in [-0.4, -0.2) is 19.0 Å². The van der Waals surface area contributed by atoms with E-state index in [4.69, 9.17) is 1.37 Å². The van der Waals surface area contributed by atoms with E-state index in [1.54, 1.807) is 0 Å². The Morgan fingerprint density at radius 3 is 3.07 bits per heavy atom. The van der Waals surface area contributed by atoms with E-state index in [1.807, 2.05) is 24.3 Å². The van der Waals surface area contributed by atoms with E-state index in [9.17, 15) is 4.79 Å². The van der Waals surface area contributed by atoms with Gasteiger partial charge in [0.1, 0.15) is 0 Å². The average molecular weight is 189 g/mol. The summed E-state index contributed by atoms with van der Waals surface area (Å²) in [6, 6.07) is 7.67. The minimum Gasteiger partial charge on any atom is -0.325 e. The number of nitrogens with one attached hydrogen (secondary N) is 2.